The lowest BCUT2D eigenvalue weighted by atomic mass is 10.1. The predicted molar refractivity (Wildman–Crippen MR) is 145 cm³/mol. The number of H-pyrrole nitrogens is 1. The summed E-state index contributed by atoms with van der Waals surface area (Å²) in [7, 11) is 0. The summed E-state index contributed by atoms with van der Waals surface area (Å²) < 4.78 is 5.13. The molecule has 4 rings (SSSR count). The standard InChI is InChI=1S/C26H34N8O4/c1-16-12-27-22-21(16)23(30-15-29-22)33-9-10-34(17(2)14-33)24(36)32-19-8-6-7-18(11-19)31-20(35)13-28-25(37)38-26(3,4)5/h6-8,11-12,15,17H,9-10,13-14H2,1-5H3,(H,28,37)(H,31,35)(H,32,36)(H,27,29,30)/t17-/m0/s1. The first kappa shape index (κ1) is 26.7. The van der Waals surface area contributed by atoms with Crippen molar-refractivity contribution in [2.75, 3.05) is 41.7 Å². The third-order valence-corrected chi connectivity index (χ3v) is 6.02. The van der Waals surface area contributed by atoms with Gasteiger partial charge in [0, 0.05) is 43.2 Å². The smallest absolute Gasteiger partial charge is 0.408 e. The van der Waals surface area contributed by atoms with Gasteiger partial charge >= 0.3 is 12.1 Å². The predicted octanol–water partition coefficient (Wildman–Crippen LogP) is 3.47. The lowest BCUT2D eigenvalue weighted by Crippen LogP contribution is -2.55. The molecule has 0 unspecified atom stereocenters. The molecule has 12 nitrogen and oxygen atoms in total. The van der Waals surface area contributed by atoms with E-state index in [1.54, 1.807) is 56.3 Å². The molecule has 1 fully saturated rings. The molecule has 12 heteroatoms. The number of ether oxygens (including phenoxy) is 1. The first-order valence-corrected chi connectivity index (χ1v) is 12.5. The number of carbonyl (C=O) groups excluding carboxylic acids is 3. The van der Waals surface area contributed by atoms with Crippen molar-refractivity contribution in [1.29, 1.82) is 0 Å². The summed E-state index contributed by atoms with van der Waals surface area (Å²) in [6.07, 6.45) is 2.80. The lowest BCUT2D eigenvalue weighted by molar-refractivity contribution is -0.115. The highest BCUT2D eigenvalue weighted by Crippen LogP contribution is 2.28. The minimum atomic E-state index is -0.671. The highest BCUT2D eigenvalue weighted by atomic mass is 16.6. The molecule has 0 aliphatic carbocycles. The van der Waals surface area contributed by atoms with Crippen LogP contribution >= 0.6 is 0 Å². The number of nitrogens with zero attached hydrogens (tertiary/aromatic N) is 4. The fraction of sp³-hybridized carbons (Fsp3) is 0.423. The van der Waals surface area contributed by atoms with Crippen molar-refractivity contribution < 1.29 is 19.1 Å². The van der Waals surface area contributed by atoms with E-state index >= 15 is 0 Å². The zero-order valence-electron chi connectivity index (χ0n) is 22.3. The van der Waals surface area contributed by atoms with E-state index in [-0.39, 0.29) is 18.6 Å². The van der Waals surface area contributed by atoms with Gasteiger partial charge in [-0.1, -0.05) is 6.07 Å². The number of urea groups is 1. The van der Waals surface area contributed by atoms with Crippen LogP contribution in [-0.2, 0) is 9.53 Å². The summed E-state index contributed by atoms with van der Waals surface area (Å²) in [6.45, 7) is 10.8. The van der Waals surface area contributed by atoms with E-state index < -0.39 is 17.6 Å². The molecule has 1 aromatic carbocycles. The molecule has 1 atom stereocenters. The van der Waals surface area contributed by atoms with Crippen molar-refractivity contribution >= 4 is 46.3 Å². The van der Waals surface area contributed by atoms with Crippen LogP contribution < -0.4 is 20.9 Å². The molecule has 3 aromatic rings. The molecule has 202 valence electrons. The zero-order chi connectivity index (χ0) is 27.4. The van der Waals surface area contributed by atoms with Gasteiger partial charge in [0.2, 0.25) is 5.91 Å². The molecule has 1 aliphatic rings. The Morgan fingerprint density at radius 2 is 1.87 bits per heavy atom. The van der Waals surface area contributed by atoms with Gasteiger partial charge in [-0.15, -0.1) is 0 Å². The second kappa shape index (κ2) is 11.0. The van der Waals surface area contributed by atoms with Crippen LogP contribution in [-0.4, -0.2) is 75.7 Å². The highest BCUT2D eigenvalue weighted by molar-refractivity contribution is 5.96. The molecular formula is C26H34N8O4. The number of carbonyl (C=O) groups is 3. The maximum Gasteiger partial charge on any atom is 0.408 e. The van der Waals surface area contributed by atoms with Gasteiger partial charge in [-0.25, -0.2) is 19.6 Å². The number of nitrogens with one attached hydrogen (secondary N) is 4. The first-order valence-electron chi connectivity index (χ1n) is 12.5. The van der Waals surface area contributed by atoms with Crippen LogP contribution in [0.4, 0.5) is 26.8 Å². The van der Waals surface area contributed by atoms with Gasteiger partial charge in [0.25, 0.3) is 0 Å². The molecule has 0 saturated carbocycles. The van der Waals surface area contributed by atoms with E-state index in [1.165, 1.54) is 0 Å². The Kier molecular flexibility index (Phi) is 7.70. The van der Waals surface area contributed by atoms with Gasteiger partial charge in [-0.3, -0.25) is 4.79 Å². The average molecular weight is 523 g/mol. The van der Waals surface area contributed by atoms with Crippen LogP contribution in [0.3, 0.4) is 0 Å². The summed E-state index contributed by atoms with van der Waals surface area (Å²) in [6, 6.07) is 6.56. The Labute approximate surface area is 221 Å². The van der Waals surface area contributed by atoms with Crippen LogP contribution in [0.15, 0.2) is 36.8 Å². The van der Waals surface area contributed by atoms with Crippen molar-refractivity contribution in [2.45, 2.75) is 46.3 Å². The fourth-order valence-electron chi connectivity index (χ4n) is 4.33. The molecule has 0 radical (unpaired) electrons. The van der Waals surface area contributed by atoms with E-state index in [1.807, 2.05) is 20.0 Å². The Hall–Kier alpha value is -4.35. The Morgan fingerprint density at radius 1 is 1.13 bits per heavy atom. The molecule has 3 heterocycles. The maximum absolute atomic E-state index is 13.1. The van der Waals surface area contributed by atoms with Crippen LogP contribution in [0, 0.1) is 6.92 Å². The molecule has 1 saturated heterocycles. The van der Waals surface area contributed by atoms with Crippen molar-refractivity contribution in [3.63, 3.8) is 0 Å². The summed E-state index contributed by atoms with van der Waals surface area (Å²) in [5.41, 5.74) is 2.26. The van der Waals surface area contributed by atoms with Crippen molar-refractivity contribution in [3.05, 3.63) is 42.4 Å². The summed E-state index contributed by atoms with van der Waals surface area (Å²) >= 11 is 0. The molecule has 0 bridgehead atoms. The number of aromatic nitrogens is 3. The first-order chi connectivity index (χ1) is 18.0. The second-order valence-corrected chi connectivity index (χ2v) is 10.3. The number of aromatic amines is 1. The Morgan fingerprint density at radius 3 is 2.58 bits per heavy atom. The Balaban J connectivity index is 1.32. The van der Waals surface area contributed by atoms with Crippen molar-refractivity contribution in [3.8, 4) is 0 Å². The van der Waals surface area contributed by atoms with E-state index in [0.29, 0.717) is 31.0 Å². The zero-order valence-corrected chi connectivity index (χ0v) is 22.3. The van der Waals surface area contributed by atoms with Gasteiger partial charge in [-0.05, 0) is 58.4 Å². The highest BCUT2D eigenvalue weighted by Gasteiger charge is 2.29. The number of piperazine rings is 1. The van der Waals surface area contributed by atoms with Crippen molar-refractivity contribution in [1.82, 2.24) is 25.2 Å². The number of fused-ring (bicyclic) bond motifs is 1. The van der Waals surface area contributed by atoms with E-state index in [2.05, 4.69) is 35.8 Å². The van der Waals surface area contributed by atoms with Crippen LogP contribution in [0.1, 0.15) is 33.3 Å². The van der Waals surface area contributed by atoms with Gasteiger partial charge in [0.05, 0.1) is 5.39 Å². The topological polar surface area (TPSA) is 145 Å². The van der Waals surface area contributed by atoms with Gasteiger partial charge in [-0.2, -0.15) is 0 Å². The summed E-state index contributed by atoms with van der Waals surface area (Å²) in [5.74, 6) is 0.450. The quantitative estimate of drug-likeness (QED) is 0.401. The molecule has 0 spiro atoms. The Bertz CT molecular complexity index is 1330. The molecular weight excluding hydrogens is 488 g/mol. The fourth-order valence-corrected chi connectivity index (χ4v) is 4.33. The number of amides is 4. The summed E-state index contributed by atoms with van der Waals surface area (Å²) in [5, 5.41) is 9.04. The van der Waals surface area contributed by atoms with Crippen LogP contribution in [0.25, 0.3) is 11.0 Å². The molecule has 4 N–H and O–H groups in total. The van der Waals surface area contributed by atoms with E-state index in [9.17, 15) is 14.4 Å². The van der Waals surface area contributed by atoms with Gasteiger partial charge in [0.15, 0.2) is 0 Å². The number of alkyl carbamates (subject to hydrolysis) is 1. The average Bonchev–Trinajstić information content (AvgIpc) is 3.23. The van der Waals surface area contributed by atoms with E-state index in [4.69, 9.17) is 4.74 Å². The third kappa shape index (κ3) is 6.50. The van der Waals surface area contributed by atoms with E-state index in [0.717, 1.165) is 22.4 Å². The summed E-state index contributed by atoms with van der Waals surface area (Å²) in [4.78, 5) is 53.0. The van der Waals surface area contributed by atoms with Gasteiger partial charge in [0.1, 0.15) is 29.9 Å². The lowest BCUT2D eigenvalue weighted by Gasteiger charge is -2.40. The second-order valence-electron chi connectivity index (χ2n) is 10.3. The SMILES string of the molecule is Cc1c[nH]c2ncnc(N3CCN(C(=O)Nc4cccc(NC(=O)CNC(=O)OC(C)(C)C)c4)[C@@H](C)C3)c12. The third-order valence-electron chi connectivity index (χ3n) is 6.02. The molecule has 38 heavy (non-hydrogen) atoms. The number of hydrogen-bond donors (Lipinski definition) is 4. The number of anilines is 3. The minimum absolute atomic E-state index is 0.0603. The molecule has 2 aromatic heterocycles. The molecule has 1 aliphatic heterocycles. The number of benzene rings is 1. The van der Waals surface area contributed by atoms with Crippen LogP contribution in [0.2, 0.25) is 0 Å². The number of rotatable bonds is 5. The number of hydrogen-bond acceptors (Lipinski definition) is 7. The number of aryl methyl sites for hydroxylation is 1. The van der Waals surface area contributed by atoms with Crippen molar-refractivity contribution in [2.24, 2.45) is 0 Å². The minimum Gasteiger partial charge on any atom is -0.444 e. The maximum atomic E-state index is 13.1. The van der Waals surface area contributed by atoms with Crippen LogP contribution in [0.5, 0.6) is 0 Å². The van der Waals surface area contributed by atoms with Gasteiger partial charge < -0.3 is 35.5 Å². The molecule has 4 amide bonds. The monoisotopic (exact) mass is 522 g/mol. The largest absolute Gasteiger partial charge is 0.444 e. The normalized spacial score (nSPS) is 15.8.